The van der Waals surface area contributed by atoms with Gasteiger partial charge in [-0.3, -0.25) is 9.59 Å². The predicted octanol–water partition coefficient (Wildman–Crippen LogP) is 2.51. The van der Waals surface area contributed by atoms with Gasteiger partial charge in [0.1, 0.15) is 5.75 Å². The van der Waals surface area contributed by atoms with E-state index < -0.39 is 5.97 Å². The molecule has 0 bridgehead atoms. The van der Waals surface area contributed by atoms with E-state index in [1.54, 1.807) is 29.2 Å². The van der Waals surface area contributed by atoms with Gasteiger partial charge in [0.2, 0.25) is 11.8 Å². The molecule has 132 valence electrons. The van der Waals surface area contributed by atoms with Crippen molar-refractivity contribution in [2.45, 2.75) is 32.6 Å². The fourth-order valence-electron chi connectivity index (χ4n) is 2.87. The highest BCUT2D eigenvalue weighted by molar-refractivity contribution is 5.95. The molecular formula is C19H22N2O4. The molecule has 1 saturated carbocycles. The van der Waals surface area contributed by atoms with Crippen molar-refractivity contribution in [2.24, 2.45) is 5.92 Å². The second-order valence-corrected chi connectivity index (χ2v) is 6.58. The summed E-state index contributed by atoms with van der Waals surface area (Å²) in [5.41, 5.74) is 1.58. The Balaban J connectivity index is 1.55. The zero-order valence-electron chi connectivity index (χ0n) is 14.3. The zero-order valence-corrected chi connectivity index (χ0v) is 14.3. The Morgan fingerprint density at radius 2 is 2.16 bits per heavy atom. The fourth-order valence-corrected chi connectivity index (χ4v) is 2.87. The maximum Gasteiger partial charge on any atom is 0.336 e. The third-order valence-electron chi connectivity index (χ3n) is 4.41. The largest absolute Gasteiger partial charge is 0.423 e. The summed E-state index contributed by atoms with van der Waals surface area (Å²) < 4.78 is 5.30. The lowest BCUT2D eigenvalue weighted by atomic mass is 10.2. The van der Waals surface area contributed by atoms with E-state index in [0.717, 1.165) is 24.8 Å². The van der Waals surface area contributed by atoms with Crippen LogP contribution < -0.4 is 10.1 Å². The van der Waals surface area contributed by atoms with Gasteiger partial charge in [0, 0.05) is 30.8 Å². The van der Waals surface area contributed by atoms with Crippen LogP contribution in [0.3, 0.4) is 0 Å². The van der Waals surface area contributed by atoms with Crippen molar-refractivity contribution in [2.75, 3.05) is 18.4 Å². The van der Waals surface area contributed by atoms with Crippen LogP contribution in [0.25, 0.3) is 0 Å². The summed E-state index contributed by atoms with van der Waals surface area (Å²) in [6.45, 7) is 2.61. The Morgan fingerprint density at radius 1 is 1.36 bits per heavy atom. The number of carbonyl (C=O) groups is 3. The maximum absolute atomic E-state index is 12.1. The van der Waals surface area contributed by atoms with E-state index in [2.05, 4.69) is 5.32 Å². The third-order valence-corrected chi connectivity index (χ3v) is 4.41. The van der Waals surface area contributed by atoms with Gasteiger partial charge in [0.15, 0.2) is 0 Å². The van der Waals surface area contributed by atoms with Crippen LogP contribution in [0.15, 0.2) is 35.9 Å². The minimum atomic E-state index is -0.407. The summed E-state index contributed by atoms with van der Waals surface area (Å²) >= 11 is 0. The van der Waals surface area contributed by atoms with E-state index in [-0.39, 0.29) is 18.4 Å². The number of hydrogen-bond donors (Lipinski definition) is 1. The first kappa shape index (κ1) is 17.2. The summed E-state index contributed by atoms with van der Waals surface area (Å²) in [7, 11) is 0. The minimum Gasteiger partial charge on any atom is -0.423 e. The number of carbonyl (C=O) groups excluding carboxylic acids is 3. The number of allylic oxidation sites excluding steroid dienone is 1. The van der Waals surface area contributed by atoms with Crippen molar-refractivity contribution in [1.29, 1.82) is 0 Å². The van der Waals surface area contributed by atoms with Gasteiger partial charge < -0.3 is 15.0 Å². The molecule has 2 fully saturated rings. The molecule has 25 heavy (non-hydrogen) atoms. The van der Waals surface area contributed by atoms with E-state index in [1.807, 2.05) is 6.92 Å². The number of rotatable bonds is 6. The Kier molecular flexibility index (Phi) is 5.16. The molecule has 1 aliphatic carbocycles. The minimum absolute atomic E-state index is 0.00986. The number of esters is 1. The monoisotopic (exact) mass is 342 g/mol. The Labute approximate surface area is 146 Å². The molecule has 1 heterocycles. The number of anilines is 1. The van der Waals surface area contributed by atoms with Crippen molar-refractivity contribution >= 4 is 23.5 Å². The molecule has 0 atom stereocenters. The fraction of sp³-hybridized carbons (Fsp3) is 0.421. The molecule has 1 aromatic rings. The van der Waals surface area contributed by atoms with Gasteiger partial charge in [-0.05, 0) is 44.2 Å². The van der Waals surface area contributed by atoms with Crippen LogP contribution in [0.2, 0.25) is 0 Å². The number of benzene rings is 1. The summed E-state index contributed by atoms with van der Waals surface area (Å²) in [4.78, 5) is 37.1. The Morgan fingerprint density at radius 3 is 2.84 bits per heavy atom. The van der Waals surface area contributed by atoms with Gasteiger partial charge in [-0.1, -0.05) is 11.6 Å². The van der Waals surface area contributed by atoms with Crippen molar-refractivity contribution in [1.82, 2.24) is 4.90 Å². The van der Waals surface area contributed by atoms with Gasteiger partial charge >= 0.3 is 5.97 Å². The molecule has 6 nitrogen and oxygen atoms in total. The first-order valence-electron chi connectivity index (χ1n) is 8.59. The predicted molar refractivity (Wildman–Crippen MR) is 93.0 cm³/mol. The highest BCUT2D eigenvalue weighted by Crippen LogP contribution is 2.36. The number of hydrogen-bond acceptors (Lipinski definition) is 4. The lowest BCUT2D eigenvalue weighted by molar-refractivity contribution is -0.131. The van der Waals surface area contributed by atoms with Gasteiger partial charge in [0.25, 0.3) is 0 Å². The van der Waals surface area contributed by atoms with Crippen LogP contribution in [0.4, 0.5) is 5.69 Å². The van der Waals surface area contributed by atoms with Crippen molar-refractivity contribution in [3.63, 3.8) is 0 Å². The quantitative estimate of drug-likeness (QED) is 0.490. The van der Waals surface area contributed by atoms with E-state index in [4.69, 9.17) is 4.74 Å². The van der Waals surface area contributed by atoms with Crippen LogP contribution in [-0.4, -0.2) is 35.8 Å². The average Bonchev–Trinajstić information content (AvgIpc) is 3.32. The summed E-state index contributed by atoms with van der Waals surface area (Å²) in [5.74, 6) is 0.237. The maximum atomic E-state index is 12.1. The van der Waals surface area contributed by atoms with Crippen molar-refractivity contribution < 1.29 is 19.1 Å². The van der Waals surface area contributed by atoms with Crippen LogP contribution in [0.1, 0.15) is 32.6 Å². The molecule has 0 spiro atoms. The van der Waals surface area contributed by atoms with Crippen LogP contribution in [0.5, 0.6) is 5.75 Å². The second kappa shape index (κ2) is 7.51. The average molecular weight is 342 g/mol. The molecule has 1 aliphatic heterocycles. The molecule has 0 radical (unpaired) electrons. The summed E-state index contributed by atoms with van der Waals surface area (Å²) in [5, 5.41) is 2.73. The normalized spacial score (nSPS) is 17.6. The highest BCUT2D eigenvalue weighted by atomic mass is 16.5. The van der Waals surface area contributed by atoms with E-state index in [0.29, 0.717) is 30.3 Å². The molecule has 0 unspecified atom stereocenters. The van der Waals surface area contributed by atoms with Gasteiger partial charge in [-0.2, -0.15) is 0 Å². The lowest BCUT2D eigenvalue weighted by Crippen LogP contribution is -2.33. The van der Waals surface area contributed by atoms with Gasteiger partial charge in [0.05, 0.1) is 6.54 Å². The molecule has 1 saturated heterocycles. The van der Waals surface area contributed by atoms with Crippen LogP contribution >= 0.6 is 0 Å². The SMILES string of the molecule is C/C(=C\C(=O)Oc1cccc(NC(=O)CN2CCCC2=O)c1)C1CC1. The van der Waals surface area contributed by atoms with E-state index in [9.17, 15) is 14.4 Å². The van der Waals surface area contributed by atoms with E-state index in [1.165, 1.54) is 6.08 Å². The van der Waals surface area contributed by atoms with Crippen molar-refractivity contribution in [3.8, 4) is 5.75 Å². The molecule has 2 aliphatic rings. The number of amides is 2. The molecule has 3 rings (SSSR count). The van der Waals surface area contributed by atoms with Crippen molar-refractivity contribution in [3.05, 3.63) is 35.9 Å². The standard InChI is InChI=1S/C19H22N2O4/c1-13(14-7-8-14)10-19(24)25-16-5-2-4-15(11-16)20-17(22)12-21-9-3-6-18(21)23/h2,4-5,10-11,14H,3,6-9,12H2,1H3,(H,20,22)/b13-10+. The summed E-state index contributed by atoms with van der Waals surface area (Å²) in [6.07, 6.45) is 5.10. The first-order valence-corrected chi connectivity index (χ1v) is 8.59. The zero-order chi connectivity index (χ0) is 17.8. The van der Waals surface area contributed by atoms with E-state index >= 15 is 0 Å². The van der Waals surface area contributed by atoms with Gasteiger partial charge in [-0.25, -0.2) is 4.79 Å². The topological polar surface area (TPSA) is 75.7 Å². The summed E-state index contributed by atoms with van der Waals surface area (Å²) in [6, 6.07) is 6.68. The Bertz CT molecular complexity index is 722. The molecule has 1 aromatic carbocycles. The van der Waals surface area contributed by atoms with Crippen LogP contribution in [-0.2, 0) is 14.4 Å². The highest BCUT2D eigenvalue weighted by Gasteiger charge is 2.24. The Hall–Kier alpha value is -2.63. The smallest absolute Gasteiger partial charge is 0.336 e. The molecule has 2 amide bonds. The van der Waals surface area contributed by atoms with Crippen LogP contribution in [0, 0.1) is 5.92 Å². The first-order chi connectivity index (χ1) is 12.0. The molecular weight excluding hydrogens is 320 g/mol. The number of nitrogens with zero attached hydrogens (tertiary/aromatic N) is 1. The number of nitrogens with one attached hydrogen (secondary N) is 1. The second-order valence-electron chi connectivity index (χ2n) is 6.58. The third kappa shape index (κ3) is 4.92. The van der Waals surface area contributed by atoms with Gasteiger partial charge in [-0.15, -0.1) is 0 Å². The molecule has 1 N–H and O–H groups in total. The number of ether oxygens (including phenoxy) is 1. The molecule has 0 aromatic heterocycles. The number of likely N-dealkylation sites (tertiary alicyclic amines) is 1. The lowest BCUT2D eigenvalue weighted by Gasteiger charge is -2.15. The molecule has 6 heteroatoms.